The number of nitrogens with zero attached hydrogens (tertiary/aromatic N) is 1. The largest absolute Gasteiger partial charge is 0.490 e. The van der Waals surface area contributed by atoms with Crippen molar-refractivity contribution < 1.29 is 23.8 Å². The molecule has 0 aromatic heterocycles. The van der Waals surface area contributed by atoms with Gasteiger partial charge in [-0.15, -0.1) is 0 Å². The lowest BCUT2D eigenvalue weighted by atomic mass is 10.0. The average Bonchev–Trinajstić information content (AvgIpc) is 3.03. The number of anilines is 1. The predicted octanol–water partition coefficient (Wildman–Crippen LogP) is 5.14. The van der Waals surface area contributed by atoms with E-state index in [1.807, 2.05) is 62.4 Å². The number of hydrogen-bond donors (Lipinski definition) is 0. The molecular weight excluding hydrogens is 406 g/mol. The molecule has 0 saturated heterocycles. The van der Waals surface area contributed by atoms with Crippen molar-refractivity contribution in [2.24, 2.45) is 0 Å². The molecule has 1 aliphatic heterocycles. The number of allylic oxidation sites excluding steroid dienone is 1. The monoisotopic (exact) mass is 435 g/mol. The first kappa shape index (κ1) is 23.1. The minimum absolute atomic E-state index is 0.223. The second-order valence-electron chi connectivity index (χ2n) is 7.20. The number of carbonyl (C=O) groups is 2. The van der Waals surface area contributed by atoms with Gasteiger partial charge in [-0.3, -0.25) is 9.69 Å². The summed E-state index contributed by atoms with van der Waals surface area (Å²) in [4.78, 5) is 27.7. The van der Waals surface area contributed by atoms with E-state index in [1.54, 1.807) is 24.8 Å². The number of amides is 1. The third-order valence-corrected chi connectivity index (χ3v) is 4.93. The maximum Gasteiger partial charge on any atom is 0.340 e. The van der Waals surface area contributed by atoms with Gasteiger partial charge in [0.25, 0.3) is 5.91 Å². The summed E-state index contributed by atoms with van der Waals surface area (Å²) in [7, 11) is 0. The second kappa shape index (κ2) is 10.7. The minimum atomic E-state index is -0.518. The molecule has 0 atom stereocenters. The molecule has 0 saturated carbocycles. The van der Waals surface area contributed by atoms with Crippen molar-refractivity contribution in [1.82, 2.24) is 0 Å². The molecule has 6 nitrogen and oxygen atoms in total. The lowest BCUT2D eigenvalue weighted by Crippen LogP contribution is -2.24. The van der Waals surface area contributed by atoms with E-state index in [4.69, 9.17) is 14.2 Å². The van der Waals surface area contributed by atoms with Crippen LogP contribution in [0.15, 0.2) is 65.4 Å². The van der Waals surface area contributed by atoms with Gasteiger partial charge in [-0.25, -0.2) is 4.79 Å². The van der Waals surface area contributed by atoms with Gasteiger partial charge in [-0.05, 0) is 63.1 Å². The van der Waals surface area contributed by atoms with Crippen LogP contribution in [-0.2, 0) is 14.3 Å². The summed E-state index contributed by atoms with van der Waals surface area (Å²) >= 11 is 0. The molecule has 0 bridgehead atoms. The third kappa shape index (κ3) is 4.85. The van der Waals surface area contributed by atoms with E-state index in [1.165, 1.54) is 0 Å². The van der Waals surface area contributed by atoms with Crippen molar-refractivity contribution in [1.29, 1.82) is 0 Å². The molecule has 32 heavy (non-hydrogen) atoms. The van der Waals surface area contributed by atoms with E-state index in [-0.39, 0.29) is 23.7 Å². The lowest BCUT2D eigenvalue weighted by molar-refractivity contribution is -0.138. The highest BCUT2D eigenvalue weighted by atomic mass is 16.5. The van der Waals surface area contributed by atoms with Crippen LogP contribution in [0.1, 0.15) is 39.7 Å². The summed E-state index contributed by atoms with van der Waals surface area (Å²) in [6.07, 6.45) is 2.58. The molecule has 0 unspecified atom stereocenters. The summed E-state index contributed by atoms with van der Waals surface area (Å²) in [5.74, 6) is 0.452. The first-order valence-corrected chi connectivity index (χ1v) is 10.9. The molecule has 0 aliphatic carbocycles. The molecule has 0 fully saturated rings. The van der Waals surface area contributed by atoms with Crippen LogP contribution < -0.4 is 14.4 Å². The van der Waals surface area contributed by atoms with Crippen molar-refractivity contribution in [2.45, 2.75) is 34.1 Å². The maximum absolute atomic E-state index is 13.4. The number of para-hydroxylation sites is 1. The van der Waals surface area contributed by atoms with Crippen LogP contribution in [0.2, 0.25) is 0 Å². The fourth-order valence-corrected chi connectivity index (χ4v) is 3.55. The van der Waals surface area contributed by atoms with E-state index >= 15 is 0 Å². The SMILES string of the molecule is CCCOc1ccc(C=C2C(=O)N(c3ccccc3)C(C)=C2C(=O)OCC)cc1OCC. The van der Waals surface area contributed by atoms with Crippen LogP contribution in [0, 0.1) is 0 Å². The van der Waals surface area contributed by atoms with Gasteiger partial charge in [0.15, 0.2) is 11.5 Å². The number of ether oxygens (including phenoxy) is 3. The van der Waals surface area contributed by atoms with E-state index in [0.29, 0.717) is 36.1 Å². The van der Waals surface area contributed by atoms with Crippen molar-refractivity contribution in [2.75, 3.05) is 24.7 Å². The maximum atomic E-state index is 13.4. The highest BCUT2D eigenvalue weighted by Crippen LogP contribution is 2.36. The van der Waals surface area contributed by atoms with Gasteiger partial charge in [0.1, 0.15) is 0 Å². The summed E-state index contributed by atoms with van der Waals surface area (Å²) < 4.78 is 16.8. The molecule has 3 rings (SSSR count). The van der Waals surface area contributed by atoms with Crippen LogP contribution >= 0.6 is 0 Å². The Hall–Kier alpha value is -3.54. The number of esters is 1. The Morgan fingerprint density at radius 3 is 2.38 bits per heavy atom. The quantitative estimate of drug-likeness (QED) is 0.403. The normalized spacial score (nSPS) is 14.8. The Morgan fingerprint density at radius 1 is 0.969 bits per heavy atom. The second-order valence-corrected chi connectivity index (χ2v) is 7.20. The van der Waals surface area contributed by atoms with Crippen molar-refractivity contribution in [3.8, 4) is 11.5 Å². The molecule has 168 valence electrons. The van der Waals surface area contributed by atoms with Crippen molar-refractivity contribution in [3.05, 3.63) is 70.9 Å². The van der Waals surface area contributed by atoms with Gasteiger partial charge in [-0.1, -0.05) is 31.2 Å². The van der Waals surface area contributed by atoms with E-state index < -0.39 is 5.97 Å². The highest BCUT2D eigenvalue weighted by Gasteiger charge is 2.38. The van der Waals surface area contributed by atoms with Crippen LogP contribution in [0.5, 0.6) is 11.5 Å². The highest BCUT2D eigenvalue weighted by molar-refractivity contribution is 6.23. The Kier molecular flexibility index (Phi) is 7.71. The lowest BCUT2D eigenvalue weighted by Gasteiger charge is -2.17. The molecular formula is C26H29NO5. The van der Waals surface area contributed by atoms with Gasteiger partial charge in [-0.2, -0.15) is 0 Å². The molecule has 0 spiro atoms. The van der Waals surface area contributed by atoms with E-state index in [9.17, 15) is 9.59 Å². The molecule has 1 aliphatic rings. The molecule has 2 aromatic carbocycles. The van der Waals surface area contributed by atoms with Gasteiger partial charge in [0.05, 0.1) is 31.0 Å². The van der Waals surface area contributed by atoms with Gasteiger partial charge in [0.2, 0.25) is 0 Å². The standard InChI is InChI=1S/C26H29NO5/c1-5-15-32-22-14-13-19(17-23(22)30-6-2)16-21-24(26(29)31-7-3)18(4)27(25(21)28)20-11-9-8-10-12-20/h8-14,16-17H,5-7,15H2,1-4H3. The Bertz CT molecular complexity index is 1040. The molecule has 0 radical (unpaired) electrons. The Labute approximate surface area is 189 Å². The van der Waals surface area contributed by atoms with Crippen molar-refractivity contribution in [3.63, 3.8) is 0 Å². The first-order valence-electron chi connectivity index (χ1n) is 10.9. The summed E-state index contributed by atoms with van der Waals surface area (Å²) in [6, 6.07) is 14.7. The number of rotatable bonds is 9. The summed E-state index contributed by atoms with van der Waals surface area (Å²) in [5.41, 5.74) is 2.52. The third-order valence-electron chi connectivity index (χ3n) is 4.93. The zero-order valence-corrected chi connectivity index (χ0v) is 19.0. The smallest absolute Gasteiger partial charge is 0.340 e. The first-order chi connectivity index (χ1) is 15.5. The number of hydrogen-bond acceptors (Lipinski definition) is 5. The van der Waals surface area contributed by atoms with Crippen LogP contribution in [0.3, 0.4) is 0 Å². The van der Waals surface area contributed by atoms with Crippen molar-refractivity contribution >= 4 is 23.6 Å². The predicted molar refractivity (Wildman–Crippen MR) is 125 cm³/mol. The average molecular weight is 436 g/mol. The van der Waals surface area contributed by atoms with E-state index in [2.05, 4.69) is 0 Å². The summed E-state index contributed by atoms with van der Waals surface area (Å²) in [5, 5.41) is 0. The molecule has 2 aromatic rings. The van der Waals surface area contributed by atoms with Crippen LogP contribution in [-0.4, -0.2) is 31.7 Å². The molecule has 0 N–H and O–H groups in total. The fraction of sp³-hybridized carbons (Fsp3) is 0.308. The fourth-order valence-electron chi connectivity index (χ4n) is 3.55. The number of carbonyl (C=O) groups excluding carboxylic acids is 2. The Morgan fingerprint density at radius 2 is 1.72 bits per heavy atom. The zero-order valence-electron chi connectivity index (χ0n) is 19.0. The van der Waals surface area contributed by atoms with Crippen LogP contribution in [0.4, 0.5) is 5.69 Å². The van der Waals surface area contributed by atoms with E-state index in [0.717, 1.165) is 12.0 Å². The van der Waals surface area contributed by atoms with Gasteiger partial charge in [0, 0.05) is 11.4 Å². The molecule has 6 heteroatoms. The van der Waals surface area contributed by atoms with Crippen LogP contribution in [0.25, 0.3) is 6.08 Å². The number of benzene rings is 2. The summed E-state index contributed by atoms with van der Waals surface area (Å²) in [6.45, 7) is 8.72. The zero-order chi connectivity index (χ0) is 23.1. The van der Waals surface area contributed by atoms with Gasteiger partial charge < -0.3 is 14.2 Å². The molecule has 1 heterocycles. The molecule has 1 amide bonds. The Balaban J connectivity index is 2.07. The minimum Gasteiger partial charge on any atom is -0.490 e. The topological polar surface area (TPSA) is 65.1 Å². The van der Waals surface area contributed by atoms with Gasteiger partial charge >= 0.3 is 5.97 Å².